The Morgan fingerprint density at radius 3 is 2.33 bits per heavy atom. The third kappa shape index (κ3) is 4.12. The van der Waals surface area contributed by atoms with Gasteiger partial charge in [-0.25, -0.2) is 0 Å². The largest absolute Gasteiger partial charge is 0.339 e. The van der Waals surface area contributed by atoms with Gasteiger partial charge < -0.3 is 4.52 Å². The van der Waals surface area contributed by atoms with Crippen LogP contribution in [0.25, 0.3) is 11.4 Å². The molecule has 124 valence electrons. The van der Waals surface area contributed by atoms with Crippen molar-refractivity contribution in [3.05, 3.63) is 64.0 Å². The molecule has 0 saturated heterocycles. The highest BCUT2D eigenvalue weighted by atomic mass is 35.5. The lowest BCUT2D eigenvalue weighted by Crippen LogP contribution is -1.90. The Kier molecular flexibility index (Phi) is 5.49. The first-order chi connectivity index (χ1) is 11.5. The number of rotatable bonds is 5. The molecule has 0 radical (unpaired) electrons. The topological polar surface area (TPSA) is 38.9 Å². The van der Waals surface area contributed by atoms with Crippen molar-refractivity contribution in [1.82, 2.24) is 10.1 Å². The lowest BCUT2D eigenvalue weighted by atomic mass is 10.1. The van der Waals surface area contributed by atoms with Crippen LogP contribution in [0.4, 0.5) is 0 Å². The number of halogens is 2. The normalized spacial score (nSPS) is 11.2. The van der Waals surface area contributed by atoms with E-state index in [4.69, 9.17) is 27.7 Å². The Bertz CT molecular complexity index is 811. The summed E-state index contributed by atoms with van der Waals surface area (Å²) in [5.41, 5.74) is 1.71. The van der Waals surface area contributed by atoms with Crippen LogP contribution in [0.15, 0.2) is 51.9 Å². The zero-order valence-corrected chi connectivity index (χ0v) is 15.6. The zero-order chi connectivity index (χ0) is 17.1. The second-order valence-electron chi connectivity index (χ2n) is 5.60. The monoisotopic (exact) mass is 378 g/mol. The minimum Gasteiger partial charge on any atom is -0.339 e. The summed E-state index contributed by atoms with van der Waals surface area (Å²) in [6, 6.07) is 13.7. The molecule has 24 heavy (non-hydrogen) atoms. The molecule has 0 spiro atoms. The Balaban J connectivity index is 1.77. The molecule has 6 heteroatoms. The summed E-state index contributed by atoms with van der Waals surface area (Å²) in [4.78, 5) is 5.67. The first-order valence-corrected chi connectivity index (χ1v) is 9.19. The summed E-state index contributed by atoms with van der Waals surface area (Å²) >= 11 is 14.2. The first kappa shape index (κ1) is 17.3. The van der Waals surface area contributed by atoms with E-state index in [1.807, 2.05) is 11.8 Å². The molecule has 0 aliphatic rings. The van der Waals surface area contributed by atoms with Gasteiger partial charge >= 0.3 is 0 Å². The average molecular weight is 379 g/mol. The van der Waals surface area contributed by atoms with Crippen molar-refractivity contribution >= 4 is 35.0 Å². The SMILES string of the molecule is CC(C)Sc1ccc(Cc2nc(-c3c(Cl)cccc3Cl)no2)cc1. The number of hydrogen-bond acceptors (Lipinski definition) is 4. The smallest absolute Gasteiger partial charge is 0.231 e. The van der Waals surface area contributed by atoms with E-state index in [2.05, 4.69) is 48.3 Å². The zero-order valence-electron chi connectivity index (χ0n) is 13.3. The lowest BCUT2D eigenvalue weighted by molar-refractivity contribution is 0.385. The summed E-state index contributed by atoms with van der Waals surface area (Å²) in [5, 5.41) is 5.58. The minimum atomic E-state index is 0.410. The fourth-order valence-electron chi connectivity index (χ4n) is 2.27. The van der Waals surface area contributed by atoms with E-state index >= 15 is 0 Å². The predicted molar refractivity (Wildman–Crippen MR) is 100.0 cm³/mol. The minimum absolute atomic E-state index is 0.410. The predicted octanol–water partition coefficient (Wildman–Crippen LogP) is 6.13. The number of nitrogens with zero attached hydrogens (tertiary/aromatic N) is 2. The van der Waals surface area contributed by atoms with Crippen LogP contribution < -0.4 is 0 Å². The highest BCUT2D eigenvalue weighted by Crippen LogP contribution is 2.32. The van der Waals surface area contributed by atoms with Crippen molar-refractivity contribution in [1.29, 1.82) is 0 Å². The van der Waals surface area contributed by atoms with Gasteiger partial charge in [-0.15, -0.1) is 11.8 Å². The molecule has 0 unspecified atom stereocenters. The van der Waals surface area contributed by atoms with E-state index in [9.17, 15) is 0 Å². The third-order valence-corrected chi connectivity index (χ3v) is 4.95. The van der Waals surface area contributed by atoms with Gasteiger partial charge in [-0.05, 0) is 29.8 Å². The summed E-state index contributed by atoms with van der Waals surface area (Å²) in [6.07, 6.45) is 0.571. The Morgan fingerprint density at radius 2 is 1.71 bits per heavy atom. The van der Waals surface area contributed by atoms with Gasteiger partial charge in [0, 0.05) is 10.1 Å². The van der Waals surface area contributed by atoms with E-state index in [1.165, 1.54) is 4.90 Å². The second-order valence-corrected chi connectivity index (χ2v) is 8.06. The van der Waals surface area contributed by atoms with Crippen molar-refractivity contribution in [2.75, 3.05) is 0 Å². The van der Waals surface area contributed by atoms with Crippen LogP contribution in [0.3, 0.4) is 0 Å². The molecule has 0 amide bonds. The second kappa shape index (κ2) is 7.60. The van der Waals surface area contributed by atoms with Gasteiger partial charge in [0.05, 0.1) is 22.0 Å². The third-order valence-electron chi connectivity index (χ3n) is 3.30. The van der Waals surface area contributed by atoms with Crippen LogP contribution in [-0.2, 0) is 6.42 Å². The van der Waals surface area contributed by atoms with Crippen molar-refractivity contribution in [2.24, 2.45) is 0 Å². The molecule has 0 fully saturated rings. The van der Waals surface area contributed by atoms with Crippen LogP contribution >= 0.6 is 35.0 Å². The Morgan fingerprint density at radius 1 is 1.04 bits per heavy atom. The van der Waals surface area contributed by atoms with Crippen LogP contribution in [0, 0.1) is 0 Å². The number of thioether (sulfide) groups is 1. The molecule has 0 N–H and O–H groups in total. The van der Waals surface area contributed by atoms with E-state index < -0.39 is 0 Å². The first-order valence-electron chi connectivity index (χ1n) is 7.55. The summed E-state index contributed by atoms with van der Waals surface area (Å²) in [7, 11) is 0. The maximum absolute atomic E-state index is 6.18. The molecule has 1 aromatic heterocycles. The van der Waals surface area contributed by atoms with Crippen molar-refractivity contribution in [3.8, 4) is 11.4 Å². The summed E-state index contributed by atoms with van der Waals surface area (Å²) in [6.45, 7) is 4.36. The lowest BCUT2D eigenvalue weighted by Gasteiger charge is -2.05. The highest BCUT2D eigenvalue weighted by molar-refractivity contribution is 7.99. The van der Waals surface area contributed by atoms with Crippen molar-refractivity contribution < 1.29 is 4.52 Å². The quantitative estimate of drug-likeness (QED) is 0.500. The van der Waals surface area contributed by atoms with Gasteiger partial charge in [0.2, 0.25) is 11.7 Å². The fourth-order valence-corrected chi connectivity index (χ4v) is 3.68. The maximum atomic E-state index is 6.18. The Hall–Kier alpha value is -1.49. The molecular formula is C18H16Cl2N2OS. The number of benzene rings is 2. The molecule has 0 atom stereocenters. The molecule has 1 heterocycles. The highest BCUT2D eigenvalue weighted by Gasteiger charge is 2.15. The van der Waals surface area contributed by atoms with E-state index in [-0.39, 0.29) is 0 Å². The van der Waals surface area contributed by atoms with Gasteiger partial charge in [-0.2, -0.15) is 4.98 Å². The molecule has 0 aliphatic carbocycles. The van der Waals surface area contributed by atoms with Crippen LogP contribution in [0.1, 0.15) is 25.3 Å². The molecule has 0 aliphatic heterocycles. The van der Waals surface area contributed by atoms with E-state index in [0.29, 0.717) is 39.0 Å². The molecule has 2 aromatic carbocycles. The summed E-state index contributed by atoms with van der Waals surface area (Å²) < 4.78 is 5.34. The molecule has 3 aromatic rings. The van der Waals surface area contributed by atoms with Gasteiger partial charge in [0.15, 0.2) is 0 Å². The van der Waals surface area contributed by atoms with Gasteiger partial charge in [-0.3, -0.25) is 0 Å². The standard InChI is InChI=1S/C18H16Cl2N2OS/c1-11(2)24-13-8-6-12(7-9-13)10-16-21-18(22-23-16)17-14(19)4-3-5-15(17)20/h3-9,11H,10H2,1-2H3. The van der Waals surface area contributed by atoms with Gasteiger partial charge in [0.1, 0.15) is 0 Å². The molecule has 3 nitrogen and oxygen atoms in total. The molecular weight excluding hydrogens is 363 g/mol. The average Bonchev–Trinajstić information content (AvgIpc) is 2.97. The molecule has 3 rings (SSSR count). The maximum Gasteiger partial charge on any atom is 0.231 e. The van der Waals surface area contributed by atoms with E-state index in [1.54, 1.807) is 18.2 Å². The van der Waals surface area contributed by atoms with E-state index in [0.717, 1.165) is 5.56 Å². The van der Waals surface area contributed by atoms with Gasteiger partial charge in [0.25, 0.3) is 0 Å². The Labute approximate surface area is 155 Å². The van der Waals surface area contributed by atoms with Crippen molar-refractivity contribution in [3.63, 3.8) is 0 Å². The fraction of sp³-hybridized carbons (Fsp3) is 0.222. The van der Waals surface area contributed by atoms with Crippen molar-refractivity contribution in [2.45, 2.75) is 30.4 Å². The van der Waals surface area contributed by atoms with Gasteiger partial charge in [-0.1, -0.05) is 60.4 Å². The molecule has 0 bridgehead atoms. The van der Waals surface area contributed by atoms with Crippen LogP contribution in [0.2, 0.25) is 10.0 Å². The number of hydrogen-bond donors (Lipinski definition) is 0. The molecule has 0 saturated carbocycles. The van der Waals surface area contributed by atoms with Crippen LogP contribution in [0.5, 0.6) is 0 Å². The number of aromatic nitrogens is 2. The summed E-state index contributed by atoms with van der Waals surface area (Å²) in [5.74, 6) is 0.942. The van der Waals surface area contributed by atoms with Crippen LogP contribution in [-0.4, -0.2) is 15.4 Å².